The summed E-state index contributed by atoms with van der Waals surface area (Å²) in [6.45, 7) is 1.64. The molecule has 1 N–H and O–H groups in total. The highest BCUT2D eigenvalue weighted by molar-refractivity contribution is 7.91. The Morgan fingerprint density at radius 2 is 1.92 bits per heavy atom. The van der Waals surface area contributed by atoms with Crippen LogP contribution in [0.4, 0.5) is 4.39 Å². The molecule has 0 amide bonds. The van der Waals surface area contributed by atoms with E-state index >= 15 is 0 Å². The SMILES string of the molecule is Cn1cc(Cn2c(=O)c3cc(S(=O)(=O)NC4(C)CC4)sc3n(Cc3ccc(F)c(C#N)c3)c2=O)cn1. The molecule has 0 unspecified atom stereocenters. The molecule has 1 saturated carbocycles. The maximum atomic E-state index is 13.9. The first kappa shape index (κ1) is 24.1. The fourth-order valence-corrected chi connectivity index (χ4v) is 6.83. The van der Waals surface area contributed by atoms with Crippen molar-refractivity contribution in [2.45, 2.75) is 42.6 Å². The van der Waals surface area contributed by atoms with E-state index in [9.17, 15) is 27.7 Å². The van der Waals surface area contributed by atoms with Gasteiger partial charge in [0.1, 0.15) is 20.9 Å². The second-order valence-electron chi connectivity index (χ2n) is 9.16. The molecule has 1 aromatic carbocycles. The number of fused-ring (bicyclic) bond motifs is 1. The molecule has 10 nitrogen and oxygen atoms in total. The highest BCUT2D eigenvalue weighted by Crippen LogP contribution is 2.37. The maximum Gasteiger partial charge on any atom is 0.332 e. The molecule has 0 bridgehead atoms. The zero-order valence-corrected chi connectivity index (χ0v) is 21.0. The molecule has 1 aliphatic rings. The topological polar surface area (TPSA) is 132 Å². The lowest BCUT2D eigenvalue weighted by Crippen LogP contribution is -2.40. The summed E-state index contributed by atoms with van der Waals surface area (Å²) >= 11 is 0.823. The van der Waals surface area contributed by atoms with Crippen molar-refractivity contribution in [3.05, 3.63) is 80.0 Å². The van der Waals surface area contributed by atoms with Gasteiger partial charge in [0.2, 0.25) is 0 Å². The van der Waals surface area contributed by atoms with Crippen LogP contribution < -0.4 is 16.0 Å². The Labute approximate surface area is 208 Å². The Balaban J connectivity index is 1.70. The Morgan fingerprint density at radius 3 is 2.56 bits per heavy atom. The van der Waals surface area contributed by atoms with Crippen LogP contribution in [-0.2, 0) is 30.2 Å². The predicted octanol–water partition coefficient (Wildman–Crippen LogP) is 1.90. The van der Waals surface area contributed by atoms with Gasteiger partial charge in [0.25, 0.3) is 15.6 Å². The highest BCUT2D eigenvalue weighted by atomic mass is 32.2. The molecule has 13 heteroatoms. The summed E-state index contributed by atoms with van der Waals surface area (Å²) in [5.41, 5.74) is -0.921. The molecule has 0 atom stereocenters. The first-order valence-electron chi connectivity index (χ1n) is 11.0. The van der Waals surface area contributed by atoms with Gasteiger partial charge in [0.05, 0.1) is 30.2 Å². The van der Waals surface area contributed by atoms with Gasteiger partial charge in [-0.15, -0.1) is 11.3 Å². The van der Waals surface area contributed by atoms with Crippen molar-refractivity contribution in [1.82, 2.24) is 23.6 Å². The fraction of sp³-hybridized carbons (Fsp3) is 0.304. The highest BCUT2D eigenvalue weighted by Gasteiger charge is 2.41. The van der Waals surface area contributed by atoms with Gasteiger partial charge in [-0.25, -0.2) is 22.3 Å². The number of nitrogens with one attached hydrogen (secondary N) is 1. The third-order valence-electron chi connectivity index (χ3n) is 6.11. The molecular weight excluding hydrogens is 507 g/mol. The number of hydrogen-bond acceptors (Lipinski definition) is 7. The zero-order chi connectivity index (χ0) is 25.8. The third-order valence-corrected chi connectivity index (χ3v) is 9.38. The lowest BCUT2D eigenvalue weighted by molar-refractivity contribution is 0.560. The zero-order valence-electron chi connectivity index (χ0n) is 19.4. The van der Waals surface area contributed by atoms with Gasteiger partial charge in [-0.05, 0) is 43.5 Å². The van der Waals surface area contributed by atoms with Crippen molar-refractivity contribution < 1.29 is 12.8 Å². The van der Waals surface area contributed by atoms with Crippen molar-refractivity contribution in [1.29, 1.82) is 5.26 Å². The Morgan fingerprint density at radius 1 is 1.19 bits per heavy atom. The minimum absolute atomic E-state index is 0.0669. The standard InChI is InChI=1S/C23H21FN6O4S2/c1-23(5-6-23)27-36(33,34)19-8-17-20(31)29(13-15-10-26-28(2)11-15)22(32)30(21(17)35-19)12-14-3-4-18(24)16(7-14)9-25/h3-4,7-8,10-11,27H,5-6,12-13H2,1-2H3. The number of aryl methyl sites for hydroxylation is 1. The molecule has 3 aromatic heterocycles. The number of nitriles is 1. The molecule has 36 heavy (non-hydrogen) atoms. The lowest BCUT2D eigenvalue weighted by Gasteiger charge is -2.12. The number of aromatic nitrogens is 4. The smallest absolute Gasteiger partial charge is 0.280 e. The number of sulfonamides is 1. The van der Waals surface area contributed by atoms with Crippen molar-refractivity contribution in [3.63, 3.8) is 0 Å². The van der Waals surface area contributed by atoms with E-state index in [0.717, 1.165) is 22.0 Å². The van der Waals surface area contributed by atoms with Gasteiger partial charge in [-0.3, -0.25) is 18.6 Å². The number of hydrogen-bond donors (Lipinski definition) is 1. The van der Waals surface area contributed by atoms with Crippen LogP contribution in [-0.4, -0.2) is 32.9 Å². The van der Waals surface area contributed by atoms with Gasteiger partial charge < -0.3 is 0 Å². The number of halogens is 1. The number of rotatable bonds is 7. The quantitative estimate of drug-likeness (QED) is 0.390. The fourth-order valence-electron chi connectivity index (χ4n) is 3.93. The first-order chi connectivity index (χ1) is 17.0. The molecule has 1 fully saturated rings. The van der Waals surface area contributed by atoms with E-state index in [1.807, 2.05) is 0 Å². The molecule has 0 radical (unpaired) electrons. The van der Waals surface area contributed by atoms with Crippen LogP contribution in [0.3, 0.4) is 0 Å². The average molecular weight is 529 g/mol. The van der Waals surface area contributed by atoms with Crippen molar-refractivity contribution in [3.8, 4) is 6.07 Å². The summed E-state index contributed by atoms with van der Waals surface area (Å²) in [5, 5.41) is 13.3. The molecule has 186 valence electrons. The normalized spacial score (nSPS) is 14.7. The van der Waals surface area contributed by atoms with Crippen LogP contribution in [0.15, 0.2) is 50.5 Å². The molecule has 0 saturated heterocycles. The van der Waals surface area contributed by atoms with E-state index in [0.29, 0.717) is 24.0 Å². The van der Waals surface area contributed by atoms with Crippen molar-refractivity contribution in [2.24, 2.45) is 7.05 Å². The predicted molar refractivity (Wildman–Crippen MR) is 131 cm³/mol. The Bertz CT molecular complexity index is 1790. The second kappa shape index (κ2) is 8.51. The van der Waals surface area contributed by atoms with Gasteiger partial charge in [0, 0.05) is 24.3 Å². The lowest BCUT2D eigenvalue weighted by atomic mass is 10.1. The van der Waals surface area contributed by atoms with Crippen LogP contribution in [0.5, 0.6) is 0 Å². The molecular formula is C23H21FN6O4S2. The van der Waals surface area contributed by atoms with Crippen molar-refractivity contribution in [2.75, 3.05) is 0 Å². The van der Waals surface area contributed by atoms with Crippen molar-refractivity contribution >= 4 is 31.6 Å². The molecule has 0 spiro atoms. The van der Waals surface area contributed by atoms with E-state index in [1.54, 1.807) is 30.9 Å². The summed E-state index contributed by atoms with van der Waals surface area (Å²) in [7, 11) is -2.22. The molecule has 1 aliphatic carbocycles. The van der Waals surface area contributed by atoms with Gasteiger partial charge in [-0.2, -0.15) is 10.4 Å². The summed E-state index contributed by atoms with van der Waals surface area (Å²) < 4.78 is 46.4. The largest absolute Gasteiger partial charge is 0.332 e. The van der Waals surface area contributed by atoms with Crippen LogP contribution in [0.1, 0.15) is 36.5 Å². The van der Waals surface area contributed by atoms with Crippen LogP contribution in [0.25, 0.3) is 10.2 Å². The summed E-state index contributed by atoms with van der Waals surface area (Å²) in [6, 6.07) is 6.95. The molecule has 0 aliphatic heterocycles. The maximum absolute atomic E-state index is 13.9. The van der Waals surface area contributed by atoms with Gasteiger partial charge in [-0.1, -0.05) is 6.07 Å². The van der Waals surface area contributed by atoms with E-state index in [1.165, 1.54) is 29.0 Å². The number of nitrogens with zero attached hydrogens (tertiary/aromatic N) is 5. The van der Waals surface area contributed by atoms with E-state index < -0.39 is 32.6 Å². The summed E-state index contributed by atoms with van der Waals surface area (Å²) in [5.74, 6) is -0.690. The van der Waals surface area contributed by atoms with Gasteiger partial charge >= 0.3 is 5.69 Å². The Hall–Kier alpha value is -3.60. The average Bonchev–Trinajstić information content (AvgIpc) is 3.20. The minimum Gasteiger partial charge on any atom is -0.280 e. The van der Waals surface area contributed by atoms with Crippen LogP contribution in [0, 0.1) is 17.1 Å². The first-order valence-corrected chi connectivity index (χ1v) is 13.3. The van der Waals surface area contributed by atoms with Gasteiger partial charge in [0.15, 0.2) is 0 Å². The molecule has 3 heterocycles. The number of benzene rings is 1. The van der Waals surface area contributed by atoms with Crippen LogP contribution >= 0.6 is 11.3 Å². The van der Waals surface area contributed by atoms with E-state index in [2.05, 4.69) is 9.82 Å². The third kappa shape index (κ3) is 4.39. The van der Waals surface area contributed by atoms with Crippen LogP contribution in [0.2, 0.25) is 0 Å². The summed E-state index contributed by atoms with van der Waals surface area (Å²) in [4.78, 5) is 27.1. The minimum atomic E-state index is -3.92. The Kier molecular flexibility index (Phi) is 5.70. The molecule has 5 rings (SSSR count). The monoisotopic (exact) mass is 528 g/mol. The number of thiophene rings is 1. The molecule has 4 aromatic rings. The van der Waals surface area contributed by atoms with E-state index in [-0.39, 0.29) is 33.1 Å². The van der Waals surface area contributed by atoms with E-state index in [4.69, 9.17) is 0 Å². The second-order valence-corrected chi connectivity index (χ2v) is 12.1. The summed E-state index contributed by atoms with van der Waals surface area (Å²) in [6.07, 6.45) is 4.63.